The molecular weight excluding hydrogens is 454 g/mol. The second-order valence-electron chi connectivity index (χ2n) is 8.77. The normalized spacial score (nSPS) is 17.2. The first kappa shape index (κ1) is 23.6. The second-order valence-corrected chi connectivity index (χ2v) is 8.77. The number of rotatable bonds is 8. The Morgan fingerprint density at radius 1 is 0.944 bits per heavy atom. The van der Waals surface area contributed by atoms with E-state index in [0.717, 1.165) is 34.3 Å². The van der Waals surface area contributed by atoms with Gasteiger partial charge in [-0.2, -0.15) is 0 Å². The first-order valence-corrected chi connectivity index (χ1v) is 12.3. The fraction of sp³-hybridized carbons (Fsp3) is 0.276. The smallest absolute Gasteiger partial charge is 0.321 e. The summed E-state index contributed by atoms with van der Waals surface area (Å²) in [6.07, 6.45) is 0.908. The van der Waals surface area contributed by atoms with E-state index in [4.69, 9.17) is 14.5 Å². The Morgan fingerprint density at radius 2 is 1.67 bits per heavy atom. The third kappa shape index (κ3) is 4.33. The lowest BCUT2D eigenvalue weighted by atomic mass is 9.89. The van der Waals surface area contributed by atoms with E-state index in [-0.39, 0.29) is 12.5 Å². The van der Waals surface area contributed by atoms with Crippen LogP contribution < -0.4 is 9.64 Å². The van der Waals surface area contributed by atoms with Gasteiger partial charge in [0.1, 0.15) is 5.75 Å². The van der Waals surface area contributed by atoms with Crippen LogP contribution in [0.5, 0.6) is 5.75 Å². The summed E-state index contributed by atoms with van der Waals surface area (Å²) in [4.78, 5) is 33.8. The average molecular weight is 484 g/mol. The lowest BCUT2D eigenvalue weighted by Gasteiger charge is -2.38. The summed E-state index contributed by atoms with van der Waals surface area (Å²) in [7, 11) is 0. The van der Waals surface area contributed by atoms with Crippen LogP contribution in [0.15, 0.2) is 78.9 Å². The highest BCUT2D eigenvalue weighted by Gasteiger charge is 2.47. The van der Waals surface area contributed by atoms with Gasteiger partial charge in [0.2, 0.25) is 11.9 Å². The van der Waals surface area contributed by atoms with E-state index in [2.05, 4.69) is 6.92 Å². The van der Waals surface area contributed by atoms with Crippen LogP contribution in [-0.2, 0) is 20.9 Å². The highest BCUT2D eigenvalue weighted by Crippen LogP contribution is 2.42. The maximum Gasteiger partial charge on any atom is 0.321 e. The molecule has 7 nitrogen and oxygen atoms in total. The van der Waals surface area contributed by atoms with Crippen molar-refractivity contribution in [2.24, 2.45) is 5.92 Å². The number of nitrogens with zero attached hydrogens (tertiary/aromatic N) is 3. The van der Waals surface area contributed by atoms with Gasteiger partial charge in [0.05, 0.1) is 36.8 Å². The molecule has 1 aliphatic rings. The number of hydrogen-bond acceptors (Lipinski definition) is 5. The molecule has 0 saturated carbocycles. The van der Waals surface area contributed by atoms with Gasteiger partial charge in [0.15, 0.2) is 5.92 Å². The lowest BCUT2D eigenvalue weighted by molar-refractivity contribution is -0.153. The van der Waals surface area contributed by atoms with Crippen LogP contribution in [0.1, 0.15) is 37.4 Å². The molecule has 3 aromatic carbocycles. The van der Waals surface area contributed by atoms with E-state index in [9.17, 15) is 9.59 Å². The molecule has 184 valence electrons. The number of benzene rings is 3. The highest BCUT2D eigenvalue weighted by molar-refractivity contribution is 6.08. The van der Waals surface area contributed by atoms with Crippen LogP contribution in [0, 0.1) is 5.92 Å². The van der Waals surface area contributed by atoms with Gasteiger partial charge in [0.25, 0.3) is 0 Å². The van der Waals surface area contributed by atoms with Gasteiger partial charge in [-0.15, -0.1) is 0 Å². The monoisotopic (exact) mass is 483 g/mol. The molecule has 0 aliphatic carbocycles. The Morgan fingerprint density at radius 3 is 2.39 bits per heavy atom. The Bertz CT molecular complexity index is 1360. The summed E-state index contributed by atoms with van der Waals surface area (Å²) in [5.74, 6) is -0.656. The molecule has 0 fully saturated rings. The molecule has 2 atom stereocenters. The van der Waals surface area contributed by atoms with E-state index in [1.165, 1.54) is 0 Å². The lowest BCUT2D eigenvalue weighted by Crippen LogP contribution is -2.49. The molecule has 1 aromatic heterocycles. The minimum atomic E-state index is -1.05. The topological polar surface area (TPSA) is 73.7 Å². The van der Waals surface area contributed by atoms with E-state index in [1.807, 2.05) is 83.4 Å². The van der Waals surface area contributed by atoms with Gasteiger partial charge in [-0.1, -0.05) is 61.5 Å². The van der Waals surface area contributed by atoms with Crippen LogP contribution in [0.25, 0.3) is 11.0 Å². The summed E-state index contributed by atoms with van der Waals surface area (Å²) < 4.78 is 13.2. The zero-order chi connectivity index (χ0) is 25.1. The first-order chi connectivity index (χ1) is 17.6. The van der Waals surface area contributed by atoms with Crippen LogP contribution >= 0.6 is 0 Å². The summed E-state index contributed by atoms with van der Waals surface area (Å²) in [5.41, 5.74) is 3.37. The van der Waals surface area contributed by atoms with E-state index >= 15 is 0 Å². The molecule has 0 radical (unpaired) electrons. The number of amides is 1. The van der Waals surface area contributed by atoms with Crippen molar-refractivity contribution in [3.63, 3.8) is 0 Å². The summed E-state index contributed by atoms with van der Waals surface area (Å²) in [6.45, 7) is 4.92. The number of para-hydroxylation sites is 2. The first-order valence-electron chi connectivity index (χ1n) is 12.3. The third-order valence-corrected chi connectivity index (χ3v) is 6.36. The van der Waals surface area contributed by atoms with Crippen molar-refractivity contribution in [2.45, 2.75) is 32.9 Å². The fourth-order valence-corrected chi connectivity index (χ4v) is 4.75. The van der Waals surface area contributed by atoms with Gasteiger partial charge in [-0.05, 0) is 48.7 Å². The number of esters is 1. The standard InChI is InChI=1S/C29H29N3O4/c1-3-18-36-22-16-14-21(15-17-22)26-25(28(34)35-4-2)27(33)31(19-20-10-6-5-7-11-20)29-30-23-12-8-9-13-24(23)32(26)29/h5-17,25-26H,3-4,18-19H2,1-2H3. The largest absolute Gasteiger partial charge is 0.494 e. The zero-order valence-corrected chi connectivity index (χ0v) is 20.5. The average Bonchev–Trinajstić information content (AvgIpc) is 3.29. The number of anilines is 1. The summed E-state index contributed by atoms with van der Waals surface area (Å²) >= 11 is 0. The van der Waals surface area contributed by atoms with Gasteiger partial charge in [-0.3, -0.25) is 14.5 Å². The van der Waals surface area contributed by atoms with Gasteiger partial charge < -0.3 is 14.0 Å². The van der Waals surface area contributed by atoms with Crippen LogP contribution in [0.3, 0.4) is 0 Å². The fourth-order valence-electron chi connectivity index (χ4n) is 4.75. The van der Waals surface area contributed by atoms with Crippen molar-refractivity contribution in [1.29, 1.82) is 0 Å². The molecule has 0 bridgehead atoms. The molecule has 1 aliphatic heterocycles. The number of ether oxygens (including phenoxy) is 2. The van der Waals surface area contributed by atoms with Crippen molar-refractivity contribution >= 4 is 28.9 Å². The maximum absolute atomic E-state index is 14.0. The Labute approximate surface area is 210 Å². The number of hydrogen-bond donors (Lipinski definition) is 0. The Hall–Kier alpha value is -4.13. The highest BCUT2D eigenvalue weighted by atomic mass is 16.5. The second kappa shape index (κ2) is 10.2. The Kier molecular flexibility index (Phi) is 6.71. The molecule has 0 saturated heterocycles. The maximum atomic E-state index is 14.0. The number of aromatic nitrogens is 2. The predicted molar refractivity (Wildman–Crippen MR) is 138 cm³/mol. The summed E-state index contributed by atoms with van der Waals surface area (Å²) in [6, 6.07) is 24.5. The van der Waals surface area contributed by atoms with E-state index in [1.54, 1.807) is 11.8 Å². The van der Waals surface area contributed by atoms with Crippen molar-refractivity contribution < 1.29 is 19.1 Å². The van der Waals surface area contributed by atoms with E-state index in [0.29, 0.717) is 19.1 Å². The molecule has 5 rings (SSSR count). The van der Waals surface area contributed by atoms with Gasteiger partial charge >= 0.3 is 5.97 Å². The molecule has 0 spiro atoms. The summed E-state index contributed by atoms with van der Waals surface area (Å²) in [5, 5.41) is 0. The van der Waals surface area contributed by atoms with Crippen molar-refractivity contribution in [1.82, 2.24) is 9.55 Å². The third-order valence-electron chi connectivity index (χ3n) is 6.36. The molecule has 36 heavy (non-hydrogen) atoms. The molecule has 4 aromatic rings. The zero-order valence-electron chi connectivity index (χ0n) is 20.5. The molecule has 1 amide bonds. The number of fused-ring (bicyclic) bond motifs is 3. The molecular formula is C29H29N3O4. The minimum absolute atomic E-state index is 0.190. The van der Waals surface area contributed by atoms with Crippen molar-refractivity contribution in [3.05, 3.63) is 90.0 Å². The van der Waals surface area contributed by atoms with Gasteiger partial charge in [-0.25, -0.2) is 4.98 Å². The number of carbonyl (C=O) groups excluding carboxylic acids is 2. The van der Waals surface area contributed by atoms with Crippen LogP contribution in [0.4, 0.5) is 5.95 Å². The Balaban J connectivity index is 1.68. The van der Waals surface area contributed by atoms with Crippen molar-refractivity contribution in [3.8, 4) is 5.75 Å². The van der Waals surface area contributed by atoms with Crippen LogP contribution in [0.2, 0.25) is 0 Å². The van der Waals surface area contributed by atoms with Crippen LogP contribution in [-0.4, -0.2) is 34.6 Å². The minimum Gasteiger partial charge on any atom is -0.494 e. The van der Waals surface area contributed by atoms with Gasteiger partial charge in [0, 0.05) is 0 Å². The molecule has 2 heterocycles. The predicted octanol–water partition coefficient (Wildman–Crippen LogP) is 5.14. The molecule has 2 unspecified atom stereocenters. The number of carbonyl (C=O) groups is 2. The van der Waals surface area contributed by atoms with E-state index < -0.39 is 17.9 Å². The quantitative estimate of drug-likeness (QED) is 0.256. The molecule has 7 heteroatoms. The SMILES string of the molecule is CCCOc1ccc(C2C(C(=O)OCC)C(=O)N(Cc3ccccc3)c3nc4ccccc4n32)cc1. The van der Waals surface area contributed by atoms with Crippen molar-refractivity contribution in [2.75, 3.05) is 18.1 Å². The molecule has 0 N–H and O–H groups in total. The number of imidazole rings is 1.